The third kappa shape index (κ3) is 4.35. The van der Waals surface area contributed by atoms with Gasteiger partial charge in [-0.15, -0.1) is 0 Å². The zero-order valence-electron chi connectivity index (χ0n) is 14.3. The molecule has 0 N–H and O–H groups in total. The Labute approximate surface area is 148 Å². The summed E-state index contributed by atoms with van der Waals surface area (Å²) in [4.78, 5) is 8.43. The van der Waals surface area contributed by atoms with Gasteiger partial charge in [0.1, 0.15) is 6.10 Å². The Morgan fingerprint density at radius 3 is 2.60 bits per heavy atom. The number of rotatable bonds is 6. The van der Waals surface area contributed by atoms with Gasteiger partial charge >= 0.3 is 6.01 Å². The molecule has 0 radical (unpaired) electrons. The molecular weight excluding hydrogens is 338 g/mol. The summed E-state index contributed by atoms with van der Waals surface area (Å²) in [5.74, 6) is 0. The van der Waals surface area contributed by atoms with Crippen LogP contribution in [0.15, 0.2) is 47.6 Å². The first kappa shape index (κ1) is 17.8. The van der Waals surface area contributed by atoms with Crippen molar-refractivity contribution in [1.82, 2.24) is 14.3 Å². The van der Waals surface area contributed by atoms with E-state index < -0.39 is 10.0 Å². The molecule has 1 aliphatic heterocycles. The van der Waals surface area contributed by atoms with Crippen molar-refractivity contribution in [2.75, 3.05) is 13.1 Å². The lowest BCUT2D eigenvalue weighted by molar-refractivity contribution is 0.119. The summed E-state index contributed by atoms with van der Waals surface area (Å²) in [6.07, 6.45) is 6.53. The molecule has 25 heavy (non-hydrogen) atoms. The molecule has 7 heteroatoms. The molecule has 1 saturated heterocycles. The summed E-state index contributed by atoms with van der Waals surface area (Å²) >= 11 is 0. The molecule has 0 aliphatic carbocycles. The van der Waals surface area contributed by atoms with E-state index in [9.17, 15) is 8.42 Å². The standard InChI is InChI=1S/C18H23N3O3S/c1-2-5-15-7-9-17(10-8-15)25(22,23)21-13-3-6-16(14-21)24-18-19-11-4-12-20-18/h4,7-12,16H,2-3,5-6,13-14H2,1H3. The molecule has 0 bridgehead atoms. The lowest BCUT2D eigenvalue weighted by Crippen LogP contribution is -2.44. The normalized spacial score (nSPS) is 18.8. The van der Waals surface area contributed by atoms with Crippen molar-refractivity contribution in [2.45, 2.75) is 43.6 Å². The van der Waals surface area contributed by atoms with Crippen molar-refractivity contribution in [2.24, 2.45) is 0 Å². The smallest absolute Gasteiger partial charge is 0.316 e. The van der Waals surface area contributed by atoms with Gasteiger partial charge in [-0.1, -0.05) is 25.5 Å². The van der Waals surface area contributed by atoms with Crippen LogP contribution in [0.2, 0.25) is 0 Å². The first-order chi connectivity index (χ1) is 12.1. The average Bonchev–Trinajstić information content (AvgIpc) is 2.64. The molecule has 0 spiro atoms. The molecule has 2 aromatic rings. The van der Waals surface area contributed by atoms with Crippen LogP contribution in [0.3, 0.4) is 0 Å². The van der Waals surface area contributed by atoms with Crippen molar-refractivity contribution in [1.29, 1.82) is 0 Å². The van der Waals surface area contributed by atoms with E-state index in [0.717, 1.165) is 31.2 Å². The molecule has 134 valence electrons. The van der Waals surface area contributed by atoms with Crippen molar-refractivity contribution >= 4 is 10.0 Å². The quantitative estimate of drug-likeness (QED) is 0.791. The molecule has 0 amide bonds. The van der Waals surface area contributed by atoms with Crippen molar-refractivity contribution in [3.63, 3.8) is 0 Å². The molecule has 1 aliphatic rings. The minimum Gasteiger partial charge on any atom is -0.459 e. The van der Waals surface area contributed by atoms with Crippen LogP contribution in [0.4, 0.5) is 0 Å². The van der Waals surface area contributed by atoms with Crippen molar-refractivity contribution < 1.29 is 13.2 Å². The van der Waals surface area contributed by atoms with E-state index in [4.69, 9.17) is 4.74 Å². The Morgan fingerprint density at radius 1 is 1.20 bits per heavy atom. The molecule has 6 nitrogen and oxygen atoms in total. The summed E-state index contributed by atoms with van der Waals surface area (Å²) in [5.41, 5.74) is 1.16. The fraction of sp³-hybridized carbons (Fsp3) is 0.444. The molecule has 3 rings (SSSR count). The molecular formula is C18H23N3O3S. The van der Waals surface area contributed by atoms with Gasteiger partial charge in [0.05, 0.1) is 11.4 Å². The van der Waals surface area contributed by atoms with E-state index in [2.05, 4.69) is 16.9 Å². The number of sulfonamides is 1. The summed E-state index contributed by atoms with van der Waals surface area (Å²) in [6, 6.07) is 9.19. The predicted molar refractivity (Wildman–Crippen MR) is 94.9 cm³/mol. The Hall–Kier alpha value is -1.99. The number of hydrogen-bond acceptors (Lipinski definition) is 5. The Kier molecular flexibility index (Phi) is 5.65. The van der Waals surface area contributed by atoms with E-state index in [-0.39, 0.29) is 12.1 Å². The second kappa shape index (κ2) is 7.93. The Balaban J connectivity index is 1.71. The fourth-order valence-corrected chi connectivity index (χ4v) is 4.49. The summed E-state index contributed by atoms with van der Waals surface area (Å²) in [7, 11) is -3.51. The number of nitrogens with zero attached hydrogens (tertiary/aromatic N) is 3. The molecule has 2 heterocycles. The van der Waals surface area contributed by atoms with Gasteiger partial charge in [-0.25, -0.2) is 18.4 Å². The molecule has 0 saturated carbocycles. The average molecular weight is 361 g/mol. The van der Waals surface area contributed by atoms with E-state index in [1.54, 1.807) is 30.6 Å². The zero-order chi connectivity index (χ0) is 17.7. The monoisotopic (exact) mass is 361 g/mol. The maximum atomic E-state index is 12.9. The molecule has 1 atom stereocenters. The van der Waals surface area contributed by atoms with Gasteiger partial charge in [0.15, 0.2) is 0 Å². The molecule has 1 unspecified atom stereocenters. The van der Waals surface area contributed by atoms with Gasteiger partial charge in [-0.3, -0.25) is 0 Å². The summed E-state index contributed by atoms with van der Waals surface area (Å²) in [5, 5.41) is 0. The Bertz CT molecular complexity index is 779. The maximum absolute atomic E-state index is 12.9. The molecule has 1 aromatic heterocycles. The van der Waals surface area contributed by atoms with Crippen LogP contribution in [0.1, 0.15) is 31.7 Å². The van der Waals surface area contributed by atoms with Gasteiger partial charge in [-0.2, -0.15) is 4.31 Å². The van der Waals surface area contributed by atoms with Crippen molar-refractivity contribution in [3.05, 3.63) is 48.3 Å². The largest absolute Gasteiger partial charge is 0.459 e. The second-order valence-corrected chi connectivity index (χ2v) is 8.11. The maximum Gasteiger partial charge on any atom is 0.316 e. The number of aromatic nitrogens is 2. The van der Waals surface area contributed by atoms with Crippen LogP contribution in [0.25, 0.3) is 0 Å². The van der Waals surface area contributed by atoms with E-state index in [1.165, 1.54) is 4.31 Å². The van der Waals surface area contributed by atoms with Gasteiger partial charge < -0.3 is 4.74 Å². The third-order valence-electron chi connectivity index (χ3n) is 4.25. The van der Waals surface area contributed by atoms with Crippen LogP contribution < -0.4 is 4.74 Å². The number of hydrogen-bond donors (Lipinski definition) is 0. The van der Waals surface area contributed by atoms with Gasteiger partial charge in [0.2, 0.25) is 10.0 Å². The highest BCUT2D eigenvalue weighted by Gasteiger charge is 2.31. The van der Waals surface area contributed by atoms with Gasteiger partial charge in [0.25, 0.3) is 0 Å². The number of aryl methyl sites for hydroxylation is 1. The summed E-state index contributed by atoms with van der Waals surface area (Å²) in [6.45, 7) is 2.93. The topological polar surface area (TPSA) is 72.4 Å². The van der Waals surface area contributed by atoms with E-state index in [0.29, 0.717) is 18.0 Å². The van der Waals surface area contributed by atoms with Gasteiger partial charge in [0, 0.05) is 18.9 Å². The predicted octanol–water partition coefficient (Wildman–Crippen LogP) is 2.66. The van der Waals surface area contributed by atoms with Crippen LogP contribution >= 0.6 is 0 Å². The van der Waals surface area contributed by atoms with E-state index >= 15 is 0 Å². The van der Waals surface area contributed by atoms with Crippen LogP contribution in [0, 0.1) is 0 Å². The van der Waals surface area contributed by atoms with Crippen LogP contribution in [-0.4, -0.2) is 41.9 Å². The van der Waals surface area contributed by atoms with Crippen molar-refractivity contribution in [3.8, 4) is 6.01 Å². The number of piperidine rings is 1. The second-order valence-electron chi connectivity index (χ2n) is 6.17. The Morgan fingerprint density at radius 2 is 1.92 bits per heavy atom. The highest BCUT2D eigenvalue weighted by atomic mass is 32.2. The van der Waals surface area contributed by atoms with Crippen LogP contribution in [-0.2, 0) is 16.4 Å². The highest BCUT2D eigenvalue weighted by molar-refractivity contribution is 7.89. The highest BCUT2D eigenvalue weighted by Crippen LogP contribution is 2.23. The van der Waals surface area contributed by atoms with Gasteiger partial charge in [-0.05, 0) is 43.0 Å². The lowest BCUT2D eigenvalue weighted by Gasteiger charge is -2.31. The van der Waals surface area contributed by atoms with E-state index in [1.807, 2.05) is 12.1 Å². The number of benzene rings is 1. The SMILES string of the molecule is CCCc1ccc(S(=O)(=O)N2CCCC(Oc3ncccn3)C2)cc1. The minimum absolute atomic E-state index is 0.231. The fourth-order valence-electron chi connectivity index (χ4n) is 2.98. The number of ether oxygens (including phenoxy) is 1. The molecule has 1 aromatic carbocycles. The molecule has 1 fully saturated rings. The van der Waals surface area contributed by atoms with Crippen LogP contribution in [0.5, 0.6) is 6.01 Å². The summed E-state index contributed by atoms with van der Waals surface area (Å²) < 4.78 is 33.0. The zero-order valence-corrected chi connectivity index (χ0v) is 15.2. The third-order valence-corrected chi connectivity index (χ3v) is 6.13. The lowest BCUT2D eigenvalue weighted by atomic mass is 10.1. The first-order valence-corrected chi connectivity index (χ1v) is 10.1. The minimum atomic E-state index is -3.51. The first-order valence-electron chi connectivity index (χ1n) is 8.62.